The van der Waals surface area contributed by atoms with Crippen molar-refractivity contribution in [1.29, 1.82) is 0 Å². The molecule has 7 nitrogen and oxygen atoms in total. The van der Waals surface area contributed by atoms with Gasteiger partial charge in [0.15, 0.2) is 0 Å². The van der Waals surface area contributed by atoms with E-state index < -0.39 is 0 Å². The number of anilines is 2. The minimum Gasteiger partial charge on any atom is -0.358 e. The van der Waals surface area contributed by atoms with E-state index in [1.165, 1.54) is 0 Å². The summed E-state index contributed by atoms with van der Waals surface area (Å²) in [7, 11) is 3.96. The highest BCUT2D eigenvalue weighted by atomic mass is 16.2. The van der Waals surface area contributed by atoms with Gasteiger partial charge in [-0.3, -0.25) is 14.5 Å². The third kappa shape index (κ3) is 3.73. The van der Waals surface area contributed by atoms with Crippen LogP contribution >= 0.6 is 0 Å². The minimum absolute atomic E-state index is 0.0467. The largest absolute Gasteiger partial charge is 0.358 e. The highest BCUT2D eigenvalue weighted by Crippen LogP contribution is 2.39. The predicted molar refractivity (Wildman–Crippen MR) is 111 cm³/mol. The van der Waals surface area contributed by atoms with E-state index in [2.05, 4.69) is 27.1 Å². The van der Waals surface area contributed by atoms with Gasteiger partial charge in [-0.25, -0.2) is 0 Å². The first kappa shape index (κ1) is 19.2. The second-order valence-corrected chi connectivity index (χ2v) is 8.21. The number of rotatable bonds is 4. The maximum Gasteiger partial charge on any atom is 0.251 e. The molecule has 4 rings (SSSR count). The number of nitrogens with one attached hydrogen (secondary N) is 1. The maximum absolute atomic E-state index is 12.7. The number of fused-ring (bicyclic) bond motifs is 3. The fourth-order valence-corrected chi connectivity index (χ4v) is 4.50. The summed E-state index contributed by atoms with van der Waals surface area (Å²) in [6.45, 7) is 6.69. The van der Waals surface area contributed by atoms with Crippen molar-refractivity contribution in [3.8, 4) is 0 Å². The number of amides is 2. The Morgan fingerprint density at radius 2 is 1.86 bits per heavy atom. The summed E-state index contributed by atoms with van der Waals surface area (Å²) in [5, 5.41) is 3.04. The number of carbonyl (C=O) groups excluding carboxylic acids is 2. The van der Waals surface area contributed by atoms with Crippen molar-refractivity contribution in [1.82, 2.24) is 15.1 Å². The van der Waals surface area contributed by atoms with Crippen molar-refractivity contribution >= 4 is 23.2 Å². The van der Waals surface area contributed by atoms with Crippen molar-refractivity contribution < 1.29 is 9.59 Å². The Morgan fingerprint density at radius 1 is 1.07 bits per heavy atom. The van der Waals surface area contributed by atoms with Crippen LogP contribution < -0.4 is 15.1 Å². The lowest BCUT2D eigenvalue weighted by atomic mass is 9.96. The SMILES string of the molecule is CN1CCN(CCNC(=O)c2ccc3c(c2)N(C)C(=O)[C@@H]2CCCCN32)CC1. The molecule has 1 aromatic carbocycles. The fourth-order valence-electron chi connectivity index (χ4n) is 4.50. The molecule has 1 aromatic rings. The van der Waals surface area contributed by atoms with Gasteiger partial charge in [0.25, 0.3) is 5.91 Å². The standard InChI is InChI=1S/C21H31N5O2/c1-23-11-13-25(14-12-23)10-8-22-20(27)16-6-7-17-19(15-16)24(2)21(28)18-5-3-4-9-26(17)18/h6-7,15,18H,3-5,8-14H2,1-2H3,(H,22,27)/t18-/m0/s1. The number of piperidine rings is 1. The minimum atomic E-state index is -0.0708. The van der Waals surface area contributed by atoms with Crippen LogP contribution in [0.2, 0.25) is 0 Å². The molecule has 0 unspecified atom stereocenters. The van der Waals surface area contributed by atoms with Crippen molar-refractivity contribution in [2.45, 2.75) is 25.3 Å². The molecule has 0 bridgehead atoms. The van der Waals surface area contributed by atoms with Gasteiger partial charge in [-0.1, -0.05) is 0 Å². The zero-order valence-electron chi connectivity index (χ0n) is 17.0. The second-order valence-electron chi connectivity index (χ2n) is 8.21. The first-order valence-electron chi connectivity index (χ1n) is 10.4. The molecule has 152 valence electrons. The number of hydrogen-bond acceptors (Lipinski definition) is 5. The third-order valence-corrected chi connectivity index (χ3v) is 6.34. The van der Waals surface area contributed by atoms with Crippen LogP contribution in [0.3, 0.4) is 0 Å². The van der Waals surface area contributed by atoms with Crippen molar-refractivity contribution in [2.75, 3.05) is 69.7 Å². The molecule has 3 heterocycles. The van der Waals surface area contributed by atoms with Crippen molar-refractivity contribution in [3.05, 3.63) is 23.8 Å². The van der Waals surface area contributed by atoms with Crippen LogP contribution in [-0.4, -0.2) is 87.6 Å². The zero-order valence-corrected chi connectivity index (χ0v) is 17.0. The average Bonchev–Trinajstić information content (AvgIpc) is 2.73. The summed E-state index contributed by atoms with van der Waals surface area (Å²) in [6.07, 6.45) is 3.13. The molecule has 3 aliphatic rings. The summed E-state index contributed by atoms with van der Waals surface area (Å²) in [5.74, 6) is 0.0679. The molecule has 2 fully saturated rings. The molecule has 7 heteroatoms. The summed E-state index contributed by atoms with van der Waals surface area (Å²) in [6, 6.07) is 5.71. The number of benzene rings is 1. The van der Waals surface area contributed by atoms with Gasteiger partial charge in [-0.15, -0.1) is 0 Å². The zero-order chi connectivity index (χ0) is 19.7. The number of hydrogen-bond donors (Lipinski definition) is 1. The van der Waals surface area contributed by atoms with Gasteiger partial charge in [0.05, 0.1) is 11.4 Å². The predicted octanol–water partition coefficient (Wildman–Crippen LogP) is 0.999. The summed E-state index contributed by atoms with van der Waals surface area (Å²) in [5.41, 5.74) is 2.53. The number of carbonyl (C=O) groups is 2. The lowest BCUT2D eigenvalue weighted by molar-refractivity contribution is -0.120. The first-order chi connectivity index (χ1) is 13.5. The molecule has 1 N–H and O–H groups in total. The highest BCUT2D eigenvalue weighted by Gasteiger charge is 2.38. The summed E-state index contributed by atoms with van der Waals surface area (Å²) >= 11 is 0. The molecule has 2 saturated heterocycles. The van der Waals surface area contributed by atoms with Crippen LogP contribution in [-0.2, 0) is 4.79 Å². The second kappa shape index (κ2) is 8.09. The molecule has 28 heavy (non-hydrogen) atoms. The molecule has 1 atom stereocenters. The van der Waals surface area contributed by atoms with E-state index in [0.29, 0.717) is 12.1 Å². The molecule has 3 aliphatic heterocycles. The topological polar surface area (TPSA) is 59.1 Å². The number of likely N-dealkylation sites (N-methyl/N-ethyl adjacent to an activating group) is 2. The lowest BCUT2D eigenvalue weighted by Gasteiger charge is -2.44. The summed E-state index contributed by atoms with van der Waals surface area (Å²) in [4.78, 5) is 34.0. The van der Waals surface area contributed by atoms with Crippen LogP contribution in [0, 0.1) is 0 Å². The first-order valence-corrected chi connectivity index (χ1v) is 10.4. The van der Waals surface area contributed by atoms with Gasteiger partial charge in [0.2, 0.25) is 5.91 Å². The van der Waals surface area contributed by atoms with E-state index in [1.54, 1.807) is 4.90 Å². The monoisotopic (exact) mass is 385 g/mol. The Balaban J connectivity index is 1.40. The Kier molecular flexibility index (Phi) is 5.55. The van der Waals surface area contributed by atoms with Gasteiger partial charge in [0.1, 0.15) is 6.04 Å². The Labute approximate surface area is 167 Å². The van der Waals surface area contributed by atoms with Gasteiger partial charge in [-0.05, 0) is 44.5 Å². The van der Waals surface area contributed by atoms with Crippen molar-refractivity contribution in [3.63, 3.8) is 0 Å². The van der Waals surface area contributed by atoms with Gasteiger partial charge >= 0.3 is 0 Å². The van der Waals surface area contributed by atoms with Crippen molar-refractivity contribution in [2.24, 2.45) is 0 Å². The molecule has 0 aliphatic carbocycles. The highest BCUT2D eigenvalue weighted by molar-refractivity contribution is 6.07. The smallest absolute Gasteiger partial charge is 0.251 e. The van der Waals surface area contributed by atoms with Gasteiger partial charge in [0, 0.05) is 58.4 Å². The van der Waals surface area contributed by atoms with E-state index in [1.807, 2.05) is 25.2 Å². The Hall–Kier alpha value is -2.12. The molecular formula is C21H31N5O2. The normalized spacial score (nSPS) is 23.4. The maximum atomic E-state index is 12.7. The Morgan fingerprint density at radius 3 is 2.64 bits per heavy atom. The van der Waals surface area contributed by atoms with Gasteiger partial charge < -0.3 is 20.0 Å². The molecule has 0 spiro atoms. The van der Waals surface area contributed by atoms with E-state index in [4.69, 9.17) is 0 Å². The van der Waals surface area contributed by atoms with Crippen LogP contribution in [0.25, 0.3) is 0 Å². The van der Waals surface area contributed by atoms with E-state index in [0.717, 1.165) is 69.9 Å². The third-order valence-electron chi connectivity index (χ3n) is 6.34. The molecule has 0 saturated carbocycles. The van der Waals surface area contributed by atoms with E-state index in [-0.39, 0.29) is 17.9 Å². The van der Waals surface area contributed by atoms with E-state index >= 15 is 0 Å². The Bertz CT molecular complexity index is 744. The van der Waals surface area contributed by atoms with Gasteiger partial charge in [-0.2, -0.15) is 0 Å². The lowest BCUT2D eigenvalue weighted by Crippen LogP contribution is -2.54. The van der Waals surface area contributed by atoms with E-state index in [9.17, 15) is 9.59 Å². The van der Waals surface area contributed by atoms with Crippen LogP contribution in [0.1, 0.15) is 29.6 Å². The average molecular weight is 386 g/mol. The van der Waals surface area contributed by atoms with Crippen LogP contribution in [0.4, 0.5) is 11.4 Å². The number of piperazine rings is 1. The number of nitrogens with zero attached hydrogens (tertiary/aromatic N) is 4. The molecule has 0 aromatic heterocycles. The van der Waals surface area contributed by atoms with Crippen LogP contribution in [0.5, 0.6) is 0 Å². The van der Waals surface area contributed by atoms with Crippen LogP contribution in [0.15, 0.2) is 18.2 Å². The quantitative estimate of drug-likeness (QED) is 0.838. The molecule has 0 radical (unpaired) electrons. The summed E-state index contributed by atoms with van der Waals surface area (Å²) < 4.78 is 0. The molecular weight excluding hydrogens is 354 g/mol. The fraction of sp³-hybridized carbons (Fsp3) is 0.619. The molecule has 2 amide bonds.